The molecule has 3 rings (SSSR count). The first kappa shape index (κ1) is 13.7. The fourth-order valence-corrected chi connectivity index (χ4v) is 2.92. The Morgan fingerprint density at radius 3 is 2.81 bits per heavy atom. The number of hydrogen-bond donors (Lipinski definition) is 2. The fraction of sp³-hybridized carbons (Fsp3) is 0.308. The van der Waals surface area contributed by atoms with Gasteiger partial charge in [-0.25, -0.2) is 24.9 Å². The van der Waals surface area contributed by atoms with Crippen molar-refractivity contribution in [2.75, 3.05) is 11.9 Å². The van der Waals surface area contributed by atoms with Gasteiger partial charge in [0.15, 0.2) is 5.65 Å². The number of H-pyrrole nitrogens is 1. The van der Waals surface area contributed by atoms with Gasteiger partial charge in [-0.15, -0.1) is 0 Å². The summed E-state index contributed by atoms with van der Waals surface area (Å²) in [6, 6.07) is 0. The molecule has 0 aliphatic rings. The Morgan fingerprint density at radius 2 is 2.00 bits per heavy atom. The molecule has 0 unspecified atom stereocenters. The molecule has 0 atom stereocenters. The first-order chi connectivity index (χ1) is 10.2. The Kier molecular flexibility index (Phi) is 3.70. The molecule has 0 spiro atoms. The van der Waals surface area contributed by atoms with E-state index in [2.05, 4.69) is 35.2 Å². The molecule has 0 amide bonds. The number of nitrogens with zero attached hydrogens (tertiary/aromatic N) is 5. The minimum Gasteiger partial charge on any atom is -0.370 e. The highest BCUT2D eigenvalue weighted by atomic mass is 32.2. The van der Waals surface area contributed by atoms with E-state index in [-0.39, 0.29) is 0 Å². The molecule has 7 nitrogen and oxygen atoms in total. The lowest BCUT2D eigenvalue weighted by Gasteiger charge is -2.11. The quantitative estimate of drug-likeness (QED) is 0.714. The third kappa shape index (κ3) is 2.66. The SMILES string of the molecule is CCNc1nc(C)nc(Sc2ncnc3nc[nH]c23)c1C. The molecule has 0 bridgehead atoms. The molecule has 0 radical (unpaired) electrons. The number of fused-ring (bicyclic) bond motifs is 1. The van der Waals surface area contributed by atoms with E-state index in [0.717, 1.165) is 39.3 Å². The van der Waals surface area contributed by atoms with Crippen molar-refractivity contribution in [3.8, 4) is 0 Å². The monoisotopic (exact) mass is 301 g/mol. The van der Waals surface area contributed by atoms with Gasteiger partial charge in [-0.05, 0) is 32.5 Å². The summed E-state index contributed by atoms with van der Waals surface area (Å²) in [7, 11) is 0. The summed E-state index contributed by atoms with van der Waals surface area (Å²) >= 11 is 1.49. The van der Waals surface area contributed by atoms with Gasteiger partial charge in [0.25, 0.3) is 0 Å². The Balaban J connectivity index is 2.03. The third-order valence-corrected chi connectivity index (χ3v) is 4.03. The molecular formula is C13H15N7S. The molecule has 0 aliphatic heterocycles. The van der Waals surface area contributed by atoms with Crippen molar-refractivity contribution in [3.63, 3.8) is 0 Å². The van der Waals surface area contributed by atoms with Crippen LogP contribution in [0.4, 0.5) is 5.82 Å². The molecule has 3 aromatic rings. The second-order valence-corrected chi connectivity index (χ2v) is 5.44. The molecule has 0 fully saturated rings. The van der Waals surface area contributed by atoms with Crippen molar-refractivity contribution in [1.82, 2.24) is 29.9 Å². The van der Waals surface area contributed by atoms with Crippen molar-refractivity contribution >= 4 is 28.7 Å². The summed E-state index contributed by atoms with van der Waals surface area (Å²) in [6.45, 7) is 6.75. The van der Waals surface area contributed by atoms with Gasteiger partial charge < -0.3 is 10.3 Å². The number of hydrogen-bond acceptors (Lipinski definition) is 7. The summed E-state index contributed by atoms with van der Waals surface area (Å²) in [4.78, 5) is 24.6. The zero-order chi connectivity index (χ0) is 14.8. The molecule has 108 valence electrons. The fourth-order valence-electron chi connectivity index (χ4n) is 1.95. The molecule has 3 heterocycles. The molecule has 8 heteroatoms. The molecule has 0 saturated heterocycles. The van der Waals surface area contributed by atoms with Gasteiger partial charge in [0.05, 0.1) is 6.33 Å². The van der Waals surface area contributed by atoms with E-state index in [1.807, 2.05) is 20.8 Å². The largest absolute Gasteiger partial charge is 0.370 e. The van der Waals surface area contributed by atoms with E-state index in [9.17, 15) is 0 Å². The number of nitrogens with one attached hydrogen (secondary N) is 2. The van der Waals surface area contributed by atoms with E-state index < -0.39 is 0 Å². The summed E-state index contributed by atoms with van der Waals surface area (Å²) in [6.07, 6.45) is 3.13. The van der Waals surface area contributed by atoms with Gasteiger partial charge in [-0.3, -0.25) is 0 Å². The molecule has 0 aromatic carbocycles. The van der Waals surface area contributed by atoms with Crippen LogP contribution in [0.3, 0.4) is 0 Å². The highest BCUT2D eigenvalue weighted by Crippen LogP contribution is 2.32. The van der Waals surface area contributed by atoms with E-state index in [4.69, 9.17) is 0 Å². The van der Waals surface area contributed by atoms with E-state index in [1.165, 1.54) is 18.1 Å². The average Bonchev–Trinajstić information content (AvgIpc) is 2.93. The van der Waals surface area contributed by atoms with Crippen LogP contribution in [0.25, 0.3) is 11.2 Å². The number of anilines is 1. The highest BCUT2D eigenvalue weighted by molar-refractivity contribution is 7.99. The maximum atomic E-state index is 4.52. The maximum absolute atomic E-state index is 4.52. The molecule has 2 N–H and O–H groups in total. The highest BCUT2D eigenvalue weighted by Gasteiger charge is 2.14. The zero-order valence-electron chi connectivity index (χ0n) is 12.0. The molecular weight excluding hydrogens is 286 g/mol. The number of aromatic nitrogens is 6. The summed E-state index contributed by atoms with van der Waals surface area (Å²) in [5.41, 5.74) is 2.49. The number of aryl methyl sites for hydroxylation is 1. The van der Waals surface area contributed by atoms with Gasteiger partial charge in [0, 0.05) is 12.1 Å². The summed E-state index contributed by atoms with van der Waals surface area (Å²) in [5, 5.41) is 4.95. The van der Waals surface area contributed by atoms with Crippen molar-refractivity contribution in [1.29, 1.82) is 0 Å². The summed E-state index contributed by atoms with van der Waals surface area (Å²) < 4.78 is 0. The van der Waals surface area contributed by atoms with Crippen molar-refractivity contribution in [2.45, 2.75) is 30.8 Å². The van der Waals surface area contributed by atoms with E-state index in [0.29, 0.717) is 5.65 Å². The van der Waals surface area contributed by atoms with Gasteiger partial charge in [-0.1, -0.05) is 0 Å². The van der Waals surface area contributed by atoms with Gasteiger partial charge in [0.2, 0.25) is 0 Å². The van der Waals surface area contributed by atoms with E-state index in [1.54, 1.807) is 6.33 Å². The Labute approximate surface area is 126 Å². The van der Waals surface area contributed by atoms with Crippen molar-refractivity contribution < 1.29 is 0 Å². The van der Waals surface area contributed by atoms with Crippen molar-refractivity contribution in [2.24, 2.45) is 0 Å². The molecule has 21 heavy (non-hydrogen) atoms. The third-order valence-electron chi connectivity index (χ3n) is 2.94. The molecule has 3 aromatic heterocycles. The number of imidazole rings is 1. The Morgan fingerprint density at radius 1 is 1.14 bits per heavy atom. The first-order valence-electron chi connectivity index (χ1n) is 6.60. The topological polar surface area (TPSA) is 92.3 Å². The van der Waals surface area contributed by atoms with Crippen LogP contribution >= 0.6 is 11.8 Å². The number of aromatic amines is 1. The van der Waals surface area contributed by atoms with Crippen LogP contribution in [0.15, 0.2) is 22.7 Å². The van der Waals surface area contributed by atoms with Crippen LogP contribution in [-0.4, -0.2) is 36.4 Å². The lowest BCUT2D eigenvalue weighted by atomic mass is 10.3. The van der Waals surface area contributed by atoms with Gasteiger partial charge >= 0.3 is 0 Å². The van der Waals surface area contributed by atoms with Gasteiger partial charge in [0.1, 0.15) is 33.5 Å². The lowest BCUT2D eigenvalue weighted by Crippen LogP contribution is -2.05. The van der Waals surface area contributed by atoms with Gasteiger partial charge in [-0.2, -0.15) is 0 Å². The number of rotatable bonds is 4. The normalized spacial score (nSPS) is 11.0. The van der Waals surface area contributed by atoms with E-state index >= 15 is 0 Å². The first-order valence-corrected chi connectivity index (χ1v) is 7.41. The van der Waals surface area contributed by atoms with Crippen LogP contribution < -0.4 is 5.32 Å². The van der Waals surface area contributed by atoms with Crippen LogP contribution in [0.1, 0.15) is 18.3 Å². The standard InChI is InChI=1S/C13H15N7S/c1-4-14-10-7(2)12(20-8(3)19-10)21-13-9-11(16-5-15-9)17-6-18-13/h5-6H,4H2,1-3H3,(H,14,19,20)(H,15,16,17,18). The van der Waals surface area contributed by atoms with Crippen LogP contribution in [0.2, 0.25) is 0 Å². The Hall–Kier alpha value is -2.22. The lowest BCUT2D eigenvalue weighted by molar-refractivity contribution is 0.929. The van der Waals surface area contributed by atoms with Crippen LogP contribution in [0, 0.1) is 13.8 Å². The maximum Gasteiger partial charge on any atom is 0.181 e. The van der Waals surface area contributed by atoms with Crippen LogP contribution in [-0.2, 0) is 0 Å². The zero-order valence-corrected chi connectivity index (χ0v) is 12.8. The average molecular weight is 301 g/mol. The summed E-state index contributed by atoms with van der Waals surface area (Å²) in [5.74, 6) is 1.59. The minimum absolute atomic E-state index is 0.655. The van der Waals surface area contributed by atoms with Crippen LogP contribution in [0.5, 0.6) is 0 Å². The van der Waals surface area contributed by atoms with Crippen molar-refractivity contribution in [3.05, 3.63) is 24.0 Å². The second kappa shape index (κ2) is 5.65. The smallest absolute Gasteiger partial charge is 0.181 e. The molecule has 0 saturated carbocycles. The predicted octanol–water partition coefficient (Wildman–Crippen LogP) is 2.34. The second-order valence-electron chi connectivity index (χ2n) is 4.46. The minimum atomic E-state index is 0.655. The molecule has 0 aliphatic carbocycles. The Bertz CT molecular complexity index is 783. The predicted molar refractivity (Wildman–Crippen MR) is 81.5 cm³/mol.